The molecule has 0 radical (unpaired) electrons. The maximum atomic E-state index is 12.7. The number of ether oxygens (including phenoxy) is 1. The average molecular weight is 337 g/mol. The molecule has 1 aliphatic rings. The Labute approximate surface area is 142 Å². The van der Waals surface area contributed by atoms with Crippen LogP contribution in [0.15, 0.2) is 0 Å². The van der Waals surface area contributed by atoms with Gasteiger partial charge in [-0.05, 0) is 19.8 Å². The average Bonchev–Trinajstić information content (AvgIpc) is 2.74. The highest BCUT2D eigenvalue weighted by Crippen LogP contribution is 2.19. The van der Waals surface area contributed by atoms with Crippen molar-refractivity contribution in [1.29, 1.82) is 0 Å². The first-order chi connectivity index (χ1) is 11.3. The van der Waals surface area contributed by atoms with E-state index in [-0.39, 0.29) is 25.4 Å². The number of hydrogen-bond donors (Lipinski definition) is 1. The van der Waals surface area contributed by atoms with Gasteiger partial charge in [-0.1, -0.05) is 13.8 Å². The lowest BCUT2D eigenvalue weighted by molar-refractivity contribution is -0.145. The van der Waals surface area contributed by atoms with Crippen molar-refractivity contribution in [3.63, 3.8) is 0 Å². The zero-order valence-corrected chi connectivity index (χ0v) is 14.9. The zero-order chi connectivity index (χ0) is 17.9. The van der Waals surface area contributed by atoms with Gasteiger partial charge >= 0.3 is 5.97 Å². The molecule has 0 bridgehead atoms. The SMILES string of the molecule is Cc1nn(CC(C)C)c(C)c1CC(=O)N1CCOCC1CC(=O)O. The smallest absolute Gasteiger partial charge is 0.305 e. The molecule has 0 saturated carbocycles. The molecule has 1 aromatic heterocycles. The Bertz CT molecular complexity index is 609. The third-order valence-electron chi connectivity index (χ3n) is 4.36. The molecule has 134 valence electrons. The van der Waals surface area contributed by atoms with Crippen molar-refractivity contribution in [3.05, 3.63) is 17.0 Å². The van der Waals surface area contributed by atoms with Crippen LogP contribution in [0.1, 0.15) is 37.2 Å². The van der Waals surface area contributed by atoms with E-state index in [0.717, 1.165) is 23.5 Å². The summed E-state index contributed by atoms with van der Waals surface area (Å²) in [5.74, 6) is -0.494. The molecule has 1 unspecified atom stereocenters. The van der Waals surface area contributed by atoms with Gasteiger partial charge in [0.2, 0.25) is 5.91 Å². The minimum Gasteiger partial charge on any atom is -0.481 e. The fourth-order valence-electron chi connectivity index (χ4n) is 3.12. The number of carbonyl (C=O) groups excluding carboxylic acids is 1. The van der Waals surface area contributed by atoms with Crippen molar-refractivity contribution >= 4 is 11.9 Å². The summed E-state index contributed by atoms with van der Waals surface area (Å²) >= 11 is 0. The maximum absolute atomic E-state index is 12.7. The fourth-order valence-corrected chi connectivity index (χ4v) is 3.12. The number of aliphatic carboxylic acids is 1. The number of carboxylic acid groups (broad SMARTS) is 1. The first-order valence-corrected chi connectivity index (χ1v) is 8.41. The number of carbonyl (C=O) groups is 2. The molecule has 24 heavy (non-hydrogen) atoms. The number of aryl methyl sites for hydroxylation is 1. The summed E-state index contributed by atoms with van der Waals surface area (Å²) in [4.78, 5) is 25.4. The Morgan fingerprint density at radius 1 is 1.38 bits per heavy atom. The van der Waals surface area contributed by atoms with Gasteiger partial charge in [-0.15, -0.1) is 0 Å². The molecular formula is C17H27N3O4. The van der Waals surface area contributed by atoms with Gasteiger partial charge < -0.3 is 14.7 Å². The van der Waals surface area contributed by atoms with E-state index in [1.807, 2.05) is 18.5 Å². The molecule has 1 N–H and O–H groups in total. The van der Waals surface area contributed by atoms with Crippen molar-refractivity contribution in [2.24, 2.45) is 5.92 Å². The summed E-state index contributed by atoms with van der Waals surface area (Å²) in [5, 5.41) is 13.6. The van der Waals surface area contributed by atoms with E-state index < -0.39 is 12.0 Å². The molecule has 2 heterocycles. The van der Waals surface area contributed by atoms with E-state index in [9.17, 15) is 9.59 Å². The van der Waals surface area contributed by atoms with Crippen LogP contribution in [0.2, 0.25) is 0 Å². The number of rotatable bonds is 6. The largest absolute Gasteiger partial charge is 0.481 e. The van der Waals surface area contributed by atoms with Crippen LogP contribution in [0.25, 0.3) is 0 Å². The summed E-state index contributed by atoms with van der Waals surface area (Å²) in [6.07, 6.45) is 0.169. The normalized spacial score (nSPS) is 18.2. The molecule has 2 rings (SSSR count). The van der Waals surface area contributed by atoms with Crippen LogP contribution in [0.4, 0.5) is 0 Å². The zero-order valence-electron chi connectivity index (χ0n) is 14.9. The topological polar surface area (TPSA) is 84.7 Å². The lowest BCUT2D eigenvalue weighted by Gasteiger charge is -2.35. The number of hydrogen-bond acceptors (Lipinski definition) is 4. The Kier molecular flexibility index (Phi) is 5.99. The van der Waals surface area contributed by atoms with E-state index in [4.69, 9.17) is 9.84 Å². The first-order valence-electron chi connectivity index (χ1n) is 8.41. The van der Waals surface area contributed by atoms with Crippen molar-refractivity contribution in [2.45, 2.75) is 53.1 Å². The molecule has 1 saturated heterocycles. The standard InChI is InChI=1S/C17H27N3O4/c1-11(2)9-20-13(4)15(12(3)18-20)8-16(21)19-5-6-24-10-14(19)7-17(22)23/h11,14H,5-10H2,1-4H3,(H,22,23). The van der Waals surface area contributed by atoms with E-state index in [1.165, 1.54) is 0 Å². The molecule has 0 spiro atoms. The van der Waals surface area contributed by atoms with Gasteiger partial charge in [-0.25, -0.2) is 0 Å². The molecule has 1 atom stereocenters. The molecule has 7 heteroatoms. The van der Waals surface area contributed by atoms with Gasteiger partial charge in [0.05, 0.1) is 37.8 Å². The van der Waals surface area contributed by atoms with Crippen LogP contribution >= 0.6 is 0 Å². The summed E-state index contributed by atoms with van der Waals surface area (Å²) < 4.78 is 7.29. The van der Waals surface area contributed by atoms with Crippen molar-refractivity contribution in [2.75, 3.05) is 19.8 Å². The van der Waals surface area contributed by atoms with Crippen molar-refractivity contribution < 1.29 is 19.4 Å². The van der Waals surface area contributed by atoms with E-state index in [1.54, 1.807) is 4.90 Å². The van der Waals surface area contributed by atoms with Crippen LogP contribution in [0, 0.1) is 19.8 Å². The molecule has 1 amide bonds. The van der Waals surface area contributed by atoms with E-state index >= 15 is 0 Å². The molecule has 1 fully saturated rings. The van der Waals surface area contributed by atoms with Gasteiger partial charge in [0, 0.05) is 24.3 Å². The molecule has 0 aliphatic carbocycles. The number of aromatic nitrogens is 2. The first kappa shape index (κ1) is 18.4. The lowest BCUT2D eigenvalue weighted by atomic mass is 10.1. The molecule has 1 aromatic rings. The minimum atomic E-state index is -0.916. The van der Waals surface area contributed by atoms with Gasteiger partial charge in [0.1, 0.15) is 0 Å². The molecule has 7 nitrogen and oxygen atoms in total. The van der Waals surface area contributed by atoms with Gasteiger partial charge in [0.15, 0.2) is 0 Å². The second-order valence-electron chi connectivity index (χ2n) is 6.82. The molecule has 1 aliphatic heterocycles. The van der Waals surface area contributed by atoms with E-state index in [0.29, 0.717) is 19.1 Å². The monoisotopic (exact) mass is 337 g/mol. The summed E-state index contributed by atoms with van der Waals surface area (Å²) in [5.41, 5.74) is 2.82. The fraction of sp³-hybridized carbons (Fsp3) is 0.706. The third-order valence-corrected chi connectivity index (χ3v) is 4.36. The second kappa shape index (κ2) is 7.79. The highest BCUT2D eigenvalue weighted by Gasteiger charge is 2.30. The highest BCUT2D eigenvalue weighted by molar-refractivity contribution is 5.80. The van der Waals surface area contributed by atoms with Crippen LogP contribution in [0.5, 0.6) is 0 Å². The lowest BCUT2D eigenvalue weighted by Crippen LogP contribution is -2.50. The quantitative estimate of drug-likeness (QED) is 0.848. The van der Waals surface area contributed by atoms with E-state index in [2.05, 4.69) is 18.9 Å². The van der Waals surface area contributed by atoms with Gasteiger partial charge in [-0.2, -0.15) is 5.10 Å². The Morgan fingerprint density at radius 3 is 2.71 bits per heavy atom. The Balaban J connectivity index is 2.13. The minimum absolute atomic E-state index is 0.0557. The van der Waals surface area contributed by atoms with Gasteiger partial charge in [0.25, 0.3) is 0 Å². The predicted octanol–water partition coefficient (Wildman–Crippen LogP) is 1.40. The van der Waals surface area contributed by atoms with Crippen LogP contribution in [0.3, 0.4) is 0 Å². The van der Waals surface area contributed by atoms with Gasteiger partial charge in [-0.3, -0.25) is 14.3 Å². The number of nitrogens with zero attached hydrogens (tertiary/aromatic N) is 3. The second-order valence-corrected chi connectivity index (χ2v) is 6.82. The highest BCUT2D eigenvalue weighted by atomic mass is 16.5. The number of morpholine rings is 1. The van der Waals surface area contributed by atoms with Crippen molar-refractivity contribution in [3.8, 4) is 0 Å². The molecule has 0 aromatic carbocycles. The number of carboxylic acids is 1. The van der Waals surface area contributed by atoms with Crippen LogP contribution in [-0.4, -0.2) is 57.5 Å². The summed E-state index contributed by atoms with van der Waals surface area (Å²) in [7, 11) is 0. The summed E-state index contributed by atoms with van der Waals surface area (Å²) in [6.45, 7) is 10.2. The third kappa shape index (κ3) is 4.35. The van der Waals surface area contributed by atoms with Crippen molar-refractivity contribution in [1.82, 2.24) is 14.7 Å². The summed E-state index contributed by atoms with van der Waals surface area (Å²) in [6, 6.07) is -0.393. The maximum Gasteiger partial charge on any atom is 0.305 e. The Morgan fingerprint density at radius 2 is 2.08 bits per heavy atom. The van der Waals surface area contributed by atoms with Crippen LogP contribution < -0.4 is 0 Å². The predicted molar refractivity (Wildman–Crippen MR) is 88.8 cm³/mol. The van der Waals surface area contributed by atoms with Crippen LogP contribution in [-0.2, 0) is 27.3 Å². The Hall–Kier alpha value is -1.89. The number of amides is 1. The molecular weight excluding hydrogens is 310 g/mol.